The zero-order valence-corrected chi connectivity index (χ0v) is 20.9. The summed E-state index contributed by atoms with van der Waals surface area (Å²) in [6.45, 7) is 10.0. The Balaban J connectivity index is 1.52. The van der Waals surface area contributed by atoms with Crippen molar-refractivity contribution in [2.75, 3.05) is 25.0 Å². The molecule has 4 rings (SSSR count). The molecule has 35 heavy (non-hydrogen) atoms. The first-order valence-electron chi connectivity index (χ1n) is 12.4. The van der Waals surface area contributed by atoms with Crippen molar-refractivity contribution in [2.45, 2.75) is 47.0 Å². The topological polar surface area (TPSA) is 86.8 Å². The number of piperidine rings is 1. The number of anilines is 1. The van der Waals surface area contributed by atoms with Gasteiger partial charge in [-0.3, -0.25) is 24.1 Å². The number of fused-ring (bicyclic) bond motifs is 1. The first kappa shape index (κ1) is 24.6. The molecule has 2 aromatic rings. The molecule has 184 valence electrons. The van der Waals surface area contributed by atoms with Crippen molar-refractivity contribution in [3.63, 3.8) is 0 Å². The minimum Gasteiger partial charge on any atom is -0.338 e. The first-order valence-corrected chi connectivity index (χ1v) is 12.4. The summed E-state index contributed by atoms with van der Waals surface area (Å²) in [4.78, 5) is 54.7. The van der Waals surface area contributed by atoms with E-state index < -0.39 is 5.91 Å². The average Bonchev–Trinajstić information content (AvgIpc) is 3.06. The van der Waals surface area contributed by atoms with Gasteiger partial charge >= 0.3 is 0 Å². The van der Waals surface area contributed by atoms with E-state index >= 15 is 0 Å². The van der Waals surface area contributed by atoms with Crippen molar-refractivity contribution in [1.82, 2.24) is 9.80 Å². The highest BCUT2D eigenvalue weighted by Crippen LogP contribution is 2.27. The molecule has 1 saturated heterocycles. The number of hydrogen-bond acceptors (Lipinski definition) is 4. The van der Waals surface area contributed by atoms with E-state index in [1.807, 2.05) is 24.8 Å². The summed E-state index contributed by atoms with van der Waals surface area (Å²) in [6.07, 6.45) is 2.73. The minimum atomic E-state index is -0.395. The van der Waals surface area contributed by atoms with E-state index in [1.54, 1.807) is 24.3 Å². The van der Waals surface area contributed by atoms with Crippen LogP contribution in [-0.4, -0.2) is 53.1 Å². The Kier molecular flexibility index (Phi) is 7.05. The van der Waals surface area contributed by atoms with Gasteiger partial charge in [0.15, 0.2) is 0 Å². The number of amides is 4. The van der Waals surface area contributed by atoms with Gasteiger partial charge in [0.25, 0.3) is 23.6 Å². The molecule has 0 aliphatic carbocycles. The second kappa shape index (κ2) is 10.0. The van der Waals surface area contributed by atoms with Crippen LogP contribution in [0.2, 0.25) is 0 Å². The molecule has 2 unspecified atom stereocenters. The lowest BCUT2D eigenvalue weighted by Crippen LogP contribution is -2.42. The summed E-state index contributed by atoms with van der Waals surface area (Å²) in [5.41, 5.74) is 2.79. The average molecular weight is 476 g/mol. The molecule has 4 amide bonds. The summed E-state index contributed by atoms with van der Waals surface area (Å²) in [5, 5.41) is 2.89. The molecule has 0 radical (unpaired) electrons. The Bertz CT molecular complexity index is 1180. The number of nitrogens with zero attached hydrogens (tertiary/aromatic N) is 2. The van der Waals surface area contributed by atoms with E-state index in [4.69, 9.17) is 0 Å². The van der Waals surface area contributed by atoms with Gasteiger partial charge in [-0.25, -0.2) is 0 Å². The van der Waals surface area contributed by atoms with Crippen molar-refractivity contribution in [3.8, 4) is 0 Å². The molecule has 2 aromatic carbocycles. The van der Waals surface area contributed by atoms with Crippen LogP contribution in [0.5, 0.6) is 0 Å². The van der Waals surface area contributed by atoms with Gasteiger partial charge in [-0.05, 0) is 67.5 Å². The van der Waals surface area contributed by atoms with Crippen LogP contribution in [0.4, 0.5) is 5.69 Å². The number of unbranched alkanes of at least 4 members (excludes halogenated alkanes) is 1. The van der Waals surface area contributed by atoms with Crippen LogP contribution in [0, 0.1) is 18.8 Å². The largest absolute Gasteiger partial charge is 0.338 e. The molecule has 1 fully saturated rings. The number of carbonyl (C=O) groups excluding carboxylic acids is 4. The molecule has 0 spiro atoms. The van der Waals surface area contributed by atoms with Crippen molar-refractivity contribution < 1.29 is 19.2 Å². The maximum absolute atomic E-state index is 13.1. The number of nitrogens with one attached hydrogen (secondary N) is 1. The Hall–Kier alpha value is -3.48. The van der Waals surface area contributed by atoms with E-state index in [0.29, 0.717) is 35.2 Å². The van der Waals surface area contributed by atoms with E-state index in [9.17, 15) is 19.2 Å². The fourth-order valence-corrected chi connectivity index (χ4v) is 5.05. The molecule has 7 nitrogen and oxygen atoms in total. The summed E-state index contributed by atoms with van der Waals surface area (Å²) in [7, 11) is 0. The van der Waals surface area contributed by atoms with Gasteiger partial charge in [0.1, 0.15) is 0 Å². The monoisotopic (exact) mass is 475 g/mol. The zero-order chi connectivity index (χ0) is 25.3. The number of carbonyl (C=O) groups is 4. The quantitative estimate of drug-likeness (QED) is 0.610. The second-order valence-corrected chi connectivity index (χ2v) is 10.0. The van der Waals surface area contributed by atoms with E-state index in [2.05, 4.69) is 19.2 Å². The maximum Gasteiger partial charge on any atom is 0.261 e. The normalized spacial score (nSPS) is 19.7. The van der Waals surface area contributed by atoms with Gasteiger partial charge in [0.05, 0.1) is 11.1 Å². The molecular formula is C28H33N3O4. The van der Waals surface area contributed by atoms with E-state index in [0.717, 1.165) is 37.9 Å². The predicted molar refractivity (Wildman–Crippen MR) is 135 cm³/mol. The predicted octanol–water partition coefficient (Wildman–Crippen LogP) is 4.76. The number of aryl methyl sites for hydroxylation is 1. The molecule has 7 heteroatoms. The van der Waals surface area contributed by atoms with Gasteiger partial charge in [-0.2, -0.15) is 0 Å². The minimum absolute atomic E-state index is 0.0345. The van der Waals surface area contributed by atoms with Crippen LogP contribution >= 0.6 is 0 Å². The van der Waals surface area contributed by atoms with Gasteiger partial charge in [0.2, 0.25) is 0 Å². The standard InChI is InChI=1S/C28H33N3O4/c1-5-6-11-31-27(34)22-10-9-20(13-23(22)28(31)35)25(32)29-24-14-21(8-7-19(24)4)26(33)30-15-17(2)12-18(3)16-30/h7-10,13-14,17-18H,5-6,11-12,15-16H2,1-4H3,(H,29,32). The number of hydrogen-bond donors (Lipinski definition) is 1. The van der Waals surface area contributed by atoms with Crippen LogP contribution in [-0.2, 0) is 0 Å². The van der Waals surface area contributed by atoms with Crippen molar-refractivity contribution in [2.24, 2.45) is 11.8 Å². The lowest BCUT2D eigenvalue weighted by Gasteiger charge is -2.35. The van der Waals surface area contributed by atoms with Crippen molar-refractivity contribution in [1.29, 1.82) is 0 Å². The van der Waals surface area contributed by atoms with Gasteiger partial charge in [0, 0.05) is 36.4 Å². The van der Waals surface area contributed by atoms with Crippen LogP contribution in [0.1, 0.15) is 87.0 Å². The van der Waals surface area contributed by atoms with Crippen molar-refractivity contribution in [3.05, 3.63) is 64.2 Å². The molecule has 2 heterocycles. The van der Waals surface area contributed by atoms with Crippen LogP contribution in [0.15, 0.2) is 36.4 Å². The lowest BCUT2D eigenvalue weighted by atomic mass is 9.91. The Morgan fingerprint density at radius 2 is 1.60 bits per heavy atom. The van der Waals surface area contributed by atoms with E-state index in [-0.39, 0.29) is 28.8 Å². The molecule has 0 saturated carbocycles. The van der Waals surface area contributed by atoms with Gasteiger partial charge in [-0.1, -0.05) is 33.3 Å². The smallest absolute Gasteiger partial charge is 0.261 e. The highest BCUT2D eigenvalue weighted by molar-refractivity contribution is 6.22. The number of likely N-dealkylation sites (tertiary alicyclic amines) is 1. The molecule has 0 bridgehead atoms. The molecule has 0 aromatic heterocycles. The molecular weight excluding hydrogens is 442 g/mol. The number of imide groups is 1. The summed E-state index contributed by atoms with van der Waals surface area (Å²) >= 11 is 0. The van der Waals surface area contributed by atoms with E-state index in [1.165, 1.54) is 11.0 Å². The van der Waals surface area contributed by atoms with Crippen LogP contribution < -0.4 is 5.32 Å². The number of benzene rings is 2. The van der Waals surface area contributed by atoms with Crippen LogP contribution in [0.3, 0.4) is 0 Å². The highest BCUT2D eigenvalue weighted by Gasteiger charge is 2.35. The van der Waals surface area contributed by atoms with Crippen LogP contribution in [0.25, 0.3) is 0 Å². The molecule has 2 aliphatic rings. The Morgan fingerprint density at radius 1 is 0.943 bits per heavy atom. The summed E-state index contributed by atoms with van der Waals surface area (Å²) in [6, 6.07) is 9.93. The Labute approximate surface area is 206 Å². The summed E-state index contributed by atoms with van der Waals surface area (Å²) in [5.74, 6) is -0.185. The SMILES string of the molecule is CCCCN1C(=O)c2ccc(C(=O)Nc3cc(C(=O)N4CC(C)CC(C)C4)ccc3C)cc2C1=O. The lowest BCUT2D eigenvalue weighted by molar-refractivity contribution is 0.0620. The Morgan fingerprint density at radius 3 is 2.29 bits per heavy atom. The van der Waals surface area contributed by atoms with Crippen molar-refractivity contribution >= 4 is 29.3 Å². The van der Waals surface area contributed by atoms with Gasteiger partial charge < -0.3 is 10.2 Å². The molecule has 2 atom stereocenters. The zero-order valence-electron chi connectivity index (χ0n) is 20.9. The molecule has 1 N–H and O–H groups in total. The third-order valence-corrected chi connectivity index (χ3v) is 6.86. The first-order chi connectivity index (χ1) is 16.7. The summed E-state index contributed by atoms with van der Waals surface area (Å²) < 4.78 is 0. The van der Waals surface area contributed by atoms with Gasteiger partial charge in [-0.15, -0.1) is 0 Å². The fourth-order valence-electron chi connectivity index (χ4n) is 5.05. The highest BCUT2D eigenvalue weighted by atomic mass is 16.2. The molecule has 2 aliphatic heterocycles. The number of rotatable bonds is 6. The third-order valence-electron chi connectivity index (χ3n) is 6.86. The second-order valence-electron chi connectivity index (χ2n) is 10.0. The third kappa shape index (κ3) is 4.99. The maximum atomic E-state index is 13.1. The fraction of sp³-hybridized carbons (Fsp3) is 0.429.